The summed E-state index contributed by atoms with van der Waals surface area (Å²) in [5.41, 5.74) is 2.39. The molecule has 0 aromatic heterocycles. The molecule has 1 amide bonds. The van der Waals surface area contributed by atoms with Gasteiger partial charge in [-0.25, -0.2) is 4.79 Å². The number of hydrogen-bond donors (Lipinski definition) is 2. The molecule has 0 saturated carbocycles. The number of carboxylic acids is 1. The summed E-state index contributed by atoms with van der Waals surface area (Å²) in [6.45, 7) is 9.10. The maximum Gasteiger partial charge on any atom is 0.326 e. The lowest BCUT2D eigenvalue weighted by Gasteiger charge is -2.18. The van der Waals surface area contributed by atoms with Gasteiger partial charge in [-0.3, -0.25) is 4.79 Å². The zero-order valence-electron chi connectivity index (χ0n) is 14.3. The monoisotopic (exact) mass is 309 g/mol. The van der Waals surface area contributed by atoms with E-state index in [9.17, 15) is 9.59 Å². The molecular formula is C17H27NO4. The van der Waals surface area contributed by atoms with Gasteiger partial charge in [0.15, 0.2) is 0 Å². The molecule has 22 heavy (non-hydrogen) atoms. The Labute approximate surface area is 132 Å². The fourth-order valence-electron chi connectivity index (χ4n) is 2.02. The van der Waals surface area contributed by atoms with Crippen molar-refractivity contribution in [1.82, 2.24) is 5.32 Å². The molecule has 0 aliphatic heterocycles. The number of nitrogens with one attached hydrogen (secondary N) is 1. The van der Waals surface area contributed by atoms with Crippen molar-refractivity contribution >= 4 is 11.9 Å². The van der Waals surface area contributed by atoms with Crippen molar-refractivity contribution in [2.75, 3.05) is 7.11 Å². The van der Waals surface area contributed by atoms with E-state index < -0.39 is 12.0 Å². The number of carbonyl (C=O) groups is 2. The molecule has 1 rings (SSSR count). The van der Waals surface area contributed by atoms with Crippen LogP contribution in [0, 0.1) is 19.8 Å². The highest BCUT2D eigenvalue weighted by Gasteiger charge is 2.23. The maximum absolute atomic E-state index is 10.6. The van der Waals surface area contributed by atoms with E-state index in [-0.39, 0.29) is 11.8 Å². The number of rotatable bonds is 5. The molecule has 0 aliphatic carbocycles. The zero-order chi connectivity index (χ0) is 17.3. The lowest BCUT2D eigenvalue weighted by Crippen LogP contribution is -2.43. The molecule has 0 spiro atoms. The predicted octanol–water partition coefficient (Wildman–Crippen LogP) is 2.93. The van der Waals surface area contributed by atoms with Gasteiger partial charge in [-0.15, -0.1) is 0 Å². The van der Waals surface area contributed by atoms with Gasteiger partial charge in [0, 0.05) is 6.92 Å². The minimum absolute atomic E-state index is 0.0357. The first-order valence-corrected chi connectivity index (χ1v) is 7.34. The summed E-state index contributed by atoms with van der Waals surface area (Å²) in [5.74, 6) is -0.309. The Bertz CT molecular complexity index is 479. The second-order valence-corrected chi connectivity index (χ2v) is 5.33. The number of methoxy groups -OCH3 is 1. The molecule has 5 nitrogen and oxygen atoms in total. The summed E-state index contributed by atoms with van der Waals surface area (Å²) in [7, 11) is 1.70. The van der Waals surface area contributed by atoms with Crippen molar-refractivity contribution in [1.29, 1.82) is 0 Å². The highest BCUT2D eigenvalue weighted by molar-refractivity contribution is 5.82. The molecule has 2 N–H and O–H groups in total. The smallest absolute Gasteiger partial charge is 0.326 e. The Morgan fingerprint density at radius 1 is 1.27 bits per heavy atom. The third-order valence-electron chi connectivity index (χ3n) is 3.45. The average molecular weight is 309 g/mol. The van der Waals surface area contributed by atoms with E-state index >= 15 is 0 Å². The van der Waals surface area contributed by atoms with Gasteiger partial charge in [-0.1, -0.05) is 38.5 Å². The summed E-state index contributed by atoms with van der Waals surface area (Å²) >= 11 is 0. The number of aryl methyl sites for hydroxylation is 2. The Kier molecular flexibility index (Phi) is 8.91. The molecule has 1 aromatic carbocycles. The van der Waals surface area contributed by atoms with Gasteiger partial charge >= 0.3 is 5.97 Å². The van der Waals surface area contributed by atoms with Crippen molar-refractivity contribution in [3.8, 4) is 5.75 Å². The van der Waals surface area contributed by atoms with E-state index in [1.165, 1.54) is 18.1 Å². The van der Waals surface area contributed by atoms with E-state index in [0.717, 1.165) is 12.2 Å². The molecule has 0 aliphatic rings. The average Bonchev–Trinajstić information content (AvgIpc) is 2.44. The largest absolute Gasteiger partial charge is 0.496 e. The van der Waals surface area contributed by atoms with E-state index in [0.29, 0.717) is 0 Å². The second-order valence-electron chi connectivity index (χ2n) is 5.33. The van der Waals surface area contributed by atoms with Gasteiger partial charge in [0.25, 0.3) is 0 Å². The highest BCUT2D eigenvalue weighted by Crippen LogP contribution is 2.20. The zero-order valence-corrected chi connectivity index (χ0v) is 14.3. The minimum Gasteiger partial charge on any atom is -0.496 e. The summed E-state index contributed by atoms with van der Waals surface area (Å²) in [5, 5.41) is 11.1. The number of ether oxygens (including phenoxy) is 1. The minimum atomic E-state index is -0.973. The number of aliphatic carboxylic acids is 1. The standard InChI is InChI=1S/C9H12O.C8H15NO3/c1-7-5-4-6-8(2)9(7)10-3;1-4-5(2)7(8(11)12)9-6(3)10/h4-6H,1-3H3;5,7H,4H2,1-3H3,(H,9,10)(H,11,12). The van der Waals surface area contributed by atoms with Gasteiger partial charge in [0.05, 0.1) is 7.11 Å². The van der Waals surface area contributed by atoms with Crippen LogP contribution in [-0.4, -0.2) is 30.1 Å². The van der Waals surface area contributed by atoms with Crippen LogP contribution >= 0.6 is 0 Å². The van der Waals surface area contributed by atoms with Crippen LogP contribution < -0.4 is 10.1 Å². The maximum atomic E-state index is 10.6. The molecule has 0 fully saturated rings. The van der Waals surface area contributed by atoms with E-state index in [1.807, 2.05) is 39.0 Å². The number of para-hydroxylation sites is 1. The van der Waals surface area contributed by atoms with Gasteiger partial charge in [-0.05, 0) is 30.9 Å². The van der Waals surface area contributed by atoms with E-state index in [2.05, 4.69) is 5.32 Å². The van der Waals surface area contributed by atoms with Crippen molar-refractivity contribution < 1.29 is 19.4 Å². The Balaban J connectivity index is 0.000000406. The summed E-state index contributed by atoms with van der Waals surface area (Å²) in [6, 6.07) is 5.37. The highest BCUT2D eigenvalue weighted by atomic mass is 16.5. The first-order chi connectivity index (χ1) is 10.2. The van der Waals surface area contributed by atoms with Crippen molar-refractivity contribution in [3.05, 3.63) is 29.3 Å². The van der Waals surface area contributed by atoms with Gasteiger partial charge < -0.3 is 15.2 Å². The third-order valence-corrected chi connectivity index (χ3v) is 3.45. The van der Waals surface area contributed by atoms with Crippen molar-refractivity contribution in [2.24, 2.45) is 5.92 Å². The first-order valence-electron chi connectivity index (χ1n) is 7.34. The topological polar surface area (TPSA) is 75.6 Å². The van der Waals surface area contributed by atoms with E-state index in [1.54, 1.807) is 14.0 Å². The summed E-state index contributed by atoms with van der Waals surface area (Å²) < 4.78 is 5.18. The van der Waals surface area contributed by atoms with Crippen LogP contribution in [0.1, 0.15) is 38.3 Å². The van der Waals surface area contributed by atoms with Crippen LogP contribution in [0.2, 0.25) is 0 Å². The van der Waals surface area contributed by atoms with Crippen LogP contribution in [0.4, 0.5) is 0 Å². The Hall–Kier alpha value is -2.04. The lowest BCUT2D eigenvalue weighted by atomic mass is 9.99. The Morgan fingerprint density at radius 3 is 2.05 bits per heavy atom. The van der Waals surface area contributed by atoms with Gasteiger partial charge in [0.1, 0.15) is 11.8 Å². The summed E-state index contributed by atoms with van der Waals surface area (Å²) in [6.07, 6.45) is 0.733. The summed E-state index contributed by atoms with van der Waals surface area (Å²) in [4.78, 5) is 21.2. The fourth-order valence-corrected chi connectivity index (χ4v) is 2.02. The molecule has 5 heteroatoms. The second kappa shape index (κ2) is 9.82. The molecule has 2 unspecified atom stereocenters. The molecule has 124 valence electrons. The molecule has 0 radical (unpaired) electrons. The number of benzene rings is 1. The van der Waals surface area contributed by atoms with Gasteiger partial charge in [0.2, 0.25) is 5.91 Å². The predicted molar refractivity (Wildman–Crippen MR) is 87.2 cm³/mol. The number of carboxylic acid groups (broad SMARTS) is 1. The third kappa shape index (κ3) is 6.61. The normalized spacial score (nSPS) is 12.5. The van der Waals surface area contributed by atoms with Crippen LogP contribution in [-0.2, 0) is 9.59 Å². The molecule has 0 bridgehead atoms. The lowest BCUT2D eigenvalue weighted by molar-refractivity contribution is -0.143. The molecule has 1 aromatic rings. The molecule has 0 saturated heterocycles. The molecular weight excluding hydrogens is 282 g/mol. The van der Waals surface area contributed by atoms with Crippen molar-refractivity contribution in [2.45, 2.75) is 47.1 Å². The SMILES string of the molecule is CCC(C)C(NC(C)=O)C(=O)O.COc1c(C)cccc1C. The number of carbonyl (C=O) groups excluding carboxylic acids is 1. The van der Waals surface area contributed by atoms with Crippen LogP contribution in [0.15, 0.2) is 18.2 Å². The van der Waals surface area contributed by atoms with Crippen LogP contribution in [0.3, 0.4) is 0 Å². The van der Waals surface area contributed by atoms with Crippen LogP contribution in [0.25, 0.3) is 0 Å². The van der Waals surface area contributed by atoms with Crippen molar-refractivity contribution in [3.63, 3.8) is 0 Å². The molecule has 2 atom stereocenters. The Morgan fingerprint density at radius 2 is 1.77 bits per heavy atom. The van der Waals surface area contributed by atoms with E-state index in [4.69, 9.17) is 9.84 Å². The number of amides is 1. The molecule has 0 heterocycles. The number of hydrogen-bond acceptors (Lipinski definition) is 3. The fraction of sp³-hybridized carbons (Fsp3) is 0.529. The van der Waals surface area contributed by atoms with Crippen LogP contribution in [0.5, 0.6) is 5.75 Å². The quantitative estimate of drug-likeness (QED) is 0.877. The van der Waals surface area contributed by atoms with Gasteiger partial charge in [-0.2, -0.15) is 0 Å². The first kappa shape index (κ1) is 20.0.